The summed E-state index contributed by atoms with van der Waals surface area (Å²) in [6.07, 6.45) is 2.34. The molecule has 2 nitrogen and oxygen atoms in total. The Morgan fingerprint density at radius 3 is 3.06 bits per heavy atom. The number of nitrogens with one attached hydrogen (secondary N) is 1. The molecule has 1 aliphatic heterocycles. The lowest BCUT2D eigenvalue weighted by Crippen LogP contribution is -2.37. The van der Waals surface area contributed by atoms with Crippen molar-refractivity contribution >= 4 is 17.5 Å². The van der Waals surface area contributed by atoms with E-state index in [1.54, 1.807) is 0 Å². The van der Waals surface area contributed by atoms with Gasteiger partial charge in [-0.2, -0.15) is 0 Å². The number of piperidine rings is 1. The molecule has 1 unspecified atom stereocenters. The van der Waals surface area contributed by atoms with Crippen LogP contribution in [0.1, 0.15) is 18.4 Å². The van der Waals surface area contributed by atoms with Crippen LogP contribution < -0.4 is 5.32 Å². The minimum atomic E-state index is -0.310. The molecule has 0 radical (unpaired) electrons. The van der Waals surface area contributed by atoms with Crippen LogP contribution in [0.15, 0.2) is 18.2 Å². The van der Waals surface area contributed by atoms with Crippen molar-refractivity contribution in [3.63, 3.8) is 0 Å². The fourth-order valence-corrected chi connectivity index (χ4v) is 2.19. The van der Waals surface area contributed by atoms with Crippen LogP contribution in [0.3, 0.4) is 0 Å². The van der Waals surface area contributed by atoms with Crippen molar-refractivity contribution in [1.29, 1.82) is 0 Å². The normalized spacial score (nSPS) is 20.6. The average molecular weight is 242 g/mol. The Balaban J connectivity index is 2.13. The van der Waals surface area contributed by atoms with Gasteiger partial charge < -0.3 is 5.32 Å². The number of rotatable bonds is 2. The maximum atomic E-state index is 13.0. The SMILES string of the molecule is O=C1NCCCC1Cc1cc(F)ccc1Cl. The summed E-state index contributed by atoms with van der Waals surface area (Å²) in [7, 11) is 0. The molecule has 0 aliphatic carbocycles. The number of benzene rings is 1. The summed E-state index contributed by atoms with van der Waals surface area (Å²) in [6.45, 7) is 0.742. The second-order valence-electron chi connectivity index (χ2n) is 4.07. The zero-order chi connectivity index (χ0) is 11.5. The lowest BCUT2D eigenvalue weighted by molar-refractivity contribution is -0.126. The van der Waals surface area contributed by atoms with Crippen molar-refractivity contribution in [2.75, 3.05) is 6.54 Å². The molecule has 0 spiro atoms. The molecule has 1 aromatic rings. The van der Waals surface area contributed by atoms with Crippen LogP contribution in [-0.4, -0.2) is 12.5 Å². The monoisotopic (exact) mass is 241 g/mol. The molecule has 1 aromatic carbocycles. The van der Waals surface area contributed by atoms with Crippen LogP contribution in [0.4, 0.5) is 4.39 Å². The highest BCUT2D eigenvalue weighted by molar-refractivity contribution is 6.31. The van der Waals surface area contributed by atoms with Crippen molar-refractivity contribution in [1.82, 2.24) is 5.32 Å². The molecule has 4 heteroatoms. The van der Waals surface area contributed by atoms with E-state index in [0.717, 1.165) is 19.4 Å². The summed E-state index contributed by atoms with van der Waals surface area (Å²) < 4.78 is 13.0. The smallest absolute Gasteiger partial charge is 0.223 e. The summed E-state index contributed by atoms with van der Waals surface area (Å²) in [5, 5.41) is 3.34. The molecule has 1 fully saturated rings. The lowest BCUT2D eigenvalue weighted by atomic mass is 9.91. The van der Waals surface area contributed by atoms with E-state index >= 15 is 0 Å². The van der Waals surface area contributed by atoms with Gasteiger partial charge in [-0.1, -0.05) is 11.6 Å². The maximum absolute atomic E-state index is 13.0. The van der Waals surface area contributed by atoms with Gasteiger partial charge in [-0.15, -0.1) is 0 Å². The molecule has 86 valence electrons. The Labute approximate surface area is 98.8 Å². The molecular formula is C12H13ClFNO. The first-order chi connectivity index (χ1) is 7.66. The van der Waals surface area contributed by atoms with Crippen molar-refractivity contribution in [2.24, 2.45) is 5.92 Å². The van der Waals surface area contributed by atoms with Gasteiger partial charge in [0.1, 0.15) is 5.82 Å². The van der Waals surface area contributed by atoms with Crippen LogP contribution in [0, 0.1) is 11.7 Å². The van der Waals surface area contributed by atoms with Gasteiger partial charge in [0.15, 0.2) is 0 Å². The Bertz CT molecular complexity index is 408. The first kappa shape index (κ1) is 11.4. The van der Waals surface area contributed by atoms with Crippen LogP contribution in [0.25, 0.3) is 0 Å². The first-order valence-electron chi connectivity index (χ1n) is 5.38. The van der Waals surface area contributed by atoms with Crippen LogP contribution >= 0.6 is 11.6 Å². The minimum absolute atomic E-state index is 0.0478. The Kier molecular flexibility index (Phi) is 3.44. The van der Waals surface area contributed by atoms with Crippen molar-refractivity contribution in [3.8, 4) is 0 Å². The van der Waals surface area contributed by atoms with E-state index < -0.39 is 0 Å². The maximum Gasteiger partial charge on any atom is 0.223 e. The quantitative estimate of drug-likeness (QED) is 0.847. The van der Waals surface area contributed by atoms with Gasteiger partial charge in [-0.05, 0) is 43.0 Å². The zero-order valence-corrected chi connectivity index (χ0v) is 9.56. The van der Waals surface area contributed by atoms with E-state index in [1.165, 1.54) is 18.2 Å². The largest absolute Gasteiger partial charge is 0.356 e. The molecule has 1 saturated heterocycles. The summed E-state index contributed by atoms with van der Waals surface area (Å²) in [5.41, 5.74) is 0.712. The second-order valence-corrected chi connectivity index (χ2v) is 4.48. The van der Waals surface area contributed by atoms with Gasteiger partial charge >= 0.3 is 0 Å². The lowest BCUT2D eigenvalue weighted by Gasteiger charge is -2.22. The molecule has 2 rings (SSSR count). The molecule has 1 aliphatic rings. The van der Waals surface area contributed by atoms with Crippen LogP contribution in [-0.2, 0) is 11.2 Å². The molecule has 1 N–H and O–H groups in total. The van der Waals surface area contributed by atoms with E-state index in [-0.39, 0.29) is 17.6 Å². The van der Waals surface area contributed by atoms with Gasteiger partial charge in [0.2, 0.25) is 5.91 Å². The van der Waals surface area contributed by atoms with Crippen molar-refractivity contribution in [2.45, 2.75) is 19.3 Å². The summed E-state index contributed by atoms with van der Waals surface area (Å²) >= 11 is 5.96. The standard InChI is InChI=1S/C12H13ClFNO/c13-11-4-3-10(14)7-9(11)6-8-2-1-5-15-12(8)16/h3-4,7-8H,1-2,5-6H2,(H,15,16). The third-order valence-corrected chi connectivity index (χ3v) is 3.24. The van der Waals surface area contributed by atoms with E-state index in [2.05, 4.69) is 5.32 Å². The Hall–Kier alpha value is -1.09. The van der Waals surface area contributed by atoms with E-state index in [1.807, 2.05) is 0 Å². The topological polar surface area (TPSA) is 29.1 Å². The first-order valence-corrected chi connectivity index (χ1v) is 5.76. The van der Waals surface area contributed by atoms with Crippen molar-refractivity contribution in [3.05, 3.63) is 34.6 Å². The molecule has 0 bridgehead atoms. The predicted molar refractivity (Wildman–Crippen MR) is 60.8 cm³/mol. The number of carbonyl (C=O) groups excluding carboxylic acids is 1. The molecule has 0 saturated carbocycles. The number of carbonyl (C=O) groups is 1. The third kappa shape index (κ3) is 2.53. The highest BCUT2D eigenvalue weighted by Gasteiger charge is 2.23. The average Bonchev–Trinajstić information content (AvgIpc) is 2.27. The Morgan fingerprint density at radius 2 is 2.31 bits per heavy atom. The summed E-state index contributed by atoms with van der Waals surface area (Å²) in [6, 6.07) is 4.27. The molecule has 1 heterocycles. The molecule has 16 heavy (non-hydrogen) atoms. The number of amides is 1. The number of halogens is 2. The second kappa shape index (κ2) is 4.83. The minimum Gasteiger partial charge on any atom is -0.356 e. The van der Waals surface area contributed by atoms with E-state index in [4.69, 9.17) is 11.6 Å². The van der Waals surface area contributed by atoms with Gasteiger partial charge in [-0.3, -0.25) is 4.79 Å². The summed E-state index contributed by atoms with van der Waals surface area (Å²) in [5.74, 6) is -0.338. The molecule has 1 amide bonds. The van der Waals surface area contributed by atoms with Crippen molar-refractivity contribution < 1.29 is 9.18 Å². The van der Waals surface area contributed by atoms with Crippen LogP contribution in [0.5, 0.6) is 0 Å². The third-order valence-electron chi connectivity index (χ3n) is 2.87. The predicted octanol–water partition coefficient (Wildman–Crippen LogP) is 2.55. The van der Waals surface area contributed by atoms with E-state index in [9.17, 15) is 9.18 Å². The highest BCUT2D eigenvalue weighted by atomic mass is 35.5. The van der Waals surface area contributed by atoms with Gasteiger partial charge in [0, 0.05) is 17.5 Å². The van der Waals surface area contributed by atoms with E-state index in [0.29, 0.717) is 17.0 Å². The number of hydrogen-bond acceptors (Lipinski definition) is 1. The molecular weight excluding hydrogens is 229 g/mol. The highest BCUT2D eigenvalue weighted by Crippen LogP contribution is 2.23. The zero-order valence-electron chi connectivity index (χ0n) is 8.80. The number of hydrogen-bond donors (Lipinski definition) is 1. The Morgan fingerprint density at radius 1 is 1.50 bits per heavy atom. The fourth-order valence-electron chi connectivity index (χ4n) is 2.00. The fraction of sp³-hybridized carbons (Fsp3) is 0.417. The van der Waals surface area contributed by atoms with Gasteiger partial charge in [0.05, 0.1) is 0 Å². The molecule has 0 aromatic heterocycles. The van der Waals surface area contributed by atoms with Gasteiger partial charge in [0.25, 0.3) is 0 Å². The molecule has 1 atom stereocenters. The summed E-state index contributed by atoms with van der Waals surface area (Å²) in [4.78, 5) is 11.5. The van der Waals surface area contributed by atoms with Crippen LogP contribution in [0.2, 0.25) is 5.02 Å². The van der Waals surface area contributed by atoms with Gasteiger partial charge in [-0.25, -0.2) is 4.39 Å².